The summed E-state index contributed by atoms with van der Waals surface area (Å²) in [6, 6.07) is 7.86. The molecule has 6 heteroatoms. The van der Waals surface area contributed by atoms with Gasteiger partial charge < -0.3 is 4.98 Å². The Kier molecular flexibility index (Phi) is 2.79. The molecule has 2 heterocycles. The third kappa shape index (κ3) is 2.34. The lowest BCUT2D eigenvalue weighted by Gasteiger charge is -1.96. The van der Waals surface area contributed by atoms with Crippen molar-refractivity contribution in [2.24, 2.45) is 0 Å². The summed E-state index contributed by atoms with van der Waals surface area (Å²) in [5, 5.41) is 12.8. The molecule has 0 saturated heterocycles. The largest absolute Gasteiger partial charge is 0.351 e. The summed E-state index contributed by atoms with van der Waals surface area (Å²) in [7, 11) is 0. The highest BCUT2D eigenvalue weighted by Crippen LogP contribution is 2.19. The second-order valence-electron chi connectivity index (χ2n) is 4.35. The first-order valence-electron chi connectivity index (χ1n) is 5.82. The molecule has 3 rings (SSSR count). The number of aromatic nitrogens is 3. The van der Waals surface area contributed by atoms with Crippen LogP contribution >= 0.6 is 11.3 Å². The molecule has 0 fully saturated rings. The number of rotatable bonds is 2. The molecule has 0 atom stereocenters. The summed E-state index contributed by atoms with van der Waals surface area (Å²) in [6.45, 7) is 3.87. The van der Waals surface area contributed by atoms with Crippen LogP contribution in [0.5, 0.6) is 0 Å². The van der Waals surface area contributed by atoms with Crippen molar-refractivity contribution >= 4 is 33.3 Å². The van der Waals surface area contributed by atoms with E-state index < -0.39 is 0 Å². The Balaban J connectivity index is 1.89. The molecule has 19 heavy (non-hydrogen) atoms. The third-order valence-corrected chi connectivity index (χ3v) is 3.52. The molecule has 0 bridgehead atoms. The number of nitrogens with one attached hydrogen (secondary N) is 2. The van der Waals surface area contributed by atoms with Gasteiger partial charge in [-0.2, -0.15) is 0 Å². The van der Waals surface area contributed by atoms with E-state index in [-0.39, 0.29) is 5.91 Å². The summed E-state index contributed by atoms with van der Waals surface area (Å²) < 4.78 is 0. The summed E-state index contributed by atoms with van der Waals surface area (Å²) in [5.74, 6) is -0.204. The van der Waals surface area contributed by atoms with Gasteiger partial charge in [0.25, 0.3) is 5.91 Å². The van der Waals surface area contributed by atoms with Crippen molar-refractivity contribution in [1.29, 1.82) is 0 Å². The fourth-order valence-electron chi connectivity index (χ4n) is 1.89. The zero-order valence-electron chi connectivity index (χ0n) is 10.5. The SMILES string of the molecule is Cc1ccc2[nH]c(C(=O)Nc3nnc(C)s3)cc2c1. The van der Waals surface area contributed by atoms with Crippen LogP contribution in [0, 0.1) is 13.8 Å². The first kappa shape index (κ1) is 11.9. The van der Waals surface area contributed by atoms with Gasteiger partial charge in [-0.15, -0.1) is 10.2 Å². The van der Waals surface area contributed by atoms with E-state index >= 15 is 0 Å². The Bertz CT molecular complexity index is 759. The number of carbonyl (C=O) groups is 1. The van der Waals surface area contributed by atoms with Gasteiger partial charge in [-0.1, -0.05) is 23.0 Å². The quantitative estimate of drug-likeness (QED) is 0.753. The molecule has 2 aromatic heterocycles. The average Bonchev–Trinajstić information content (AvgIpc) is 2.95. The number of hydrogen-bond acceptors (Lipinski definition) is 4. The number of benzene rings is 1. The number of aryl methyl sites for hydroxylation is 2. The Morgan fingerprint density at radius 2 is 2.11 bits per heavy atom. The second-order valence-corrected chi connectivity index (χ2v) is 5.54. The molecule has 0 aliphatic rings. The number of H-pyrrole nitrogens is 1. The highest BCUT2D eigenvalue weighted by Gasteiger charge is 2.11. The first-order chi connectivity index (χ1) is 9.11. The number of aromatic amines is 1. The van der Waals surface area contributed by atoms with Crippen LogP contribution in [0.1, 0.15) is 21.1 Å². The van der Waals surface area contributed by atoms with Gasteiger partial charge in [0.15, 0.2) is 0 Å². The minimum absolute atomic E-state index is 0.204. The molecular weight excluding hydrogens is 260 g/mol. The molecule has 0 unspecified atom stereocenters. The minimum atomic E-state index is -0.204. The van der Waals surface area contributed by atoms with E-state index in [0.717, 1.165) is 15.9 Å². The van der Waals surface area contributed by atoms with Gasteiger partial charge in [-0.3, -0.25) is 10.1 Å². The molecule has 3 aromatic rings. The van der Waals surface area contributed by atoms with Crippen LogP contribution in [0.25, 0.3) is 10.9 Å². The lowest BCUT2D eigenvalue weighted by Crippen LogP contribution is -2.11. The Morgan fingerprint density at radius 3 is 2.84 bits per heavy atom. The van der Waals surface area contributed by atoms with E-state index in [1.165, 1.54) is 16.9 Å². The first-order valence-corrected chi connectivity index (χ1v) is 6.64. The molecule has 1 amide bonds. The Labute approximate surface area is 113 Å². The topological polar surface area (TPSA) is 70.7 Å². The van der Waals surface area contributed by atoms with Gasteiger partial charge in [-0.05, 0) is 32.0 Å². The van der Waals surface area contributed by atoms with Crippen LogP contribution < -0.4 is 5.32 Å². The van der Waals surface area contributed by atoms with Crippen molar-refractivity contribution in [1.82, 2.24) is 15.2 Å². The summed E-state index contributed by atoms with van der Waals surface area (Å²) in [4.78, 5) is 15.2. The smallest absolute Gasteiger partial charge is 0.273 e. The van der Waals surface area contributed by atoms with Gasteiger partial charge in [0.05, 0.1) is 0 Å². The van der Waals surface area contributed by atoms with Crippen molar-refractivity contribution in [3.05, 3.63) is 40.5 Å². The predicted octanol–water partition coefficient (Wildman–Crippen LogP) is 2.89. The van der Waals surface area contributed by atoms with Crippen molar-refractivity contribution < 1.29 is 4.79 Å². The van der Waals surface area contributed by atoms with E-state index in [0.29, 0.717) is 10.8 Å². The highest BCUT2D eigenvalue weighted by atomic mass is 32.1. The summed E-state index contributed by atoms with van der Waals surface area (Å²) in [5.41, 5.74) is 2.64. The Hall–Kier alpha value is -2.21. The van der Waals surface area contributed by atoms with Crippen LogP contribution in [0.4, 0.5) is 5.13 Å². The molecule has 1 aromatic carbocycles. The van der Waals surface area contributed by atoms with E-state index in [4.69, 9.17) is 0 Å². The molecular formula is C13H12N4OS. The molecule has 2 N–H and O–H groups in total. The van der Waals surface area contributed by atoms with E-state index in [9.17, 15) is 4.79 Å². The van der Waals surface area contributed by atoms with E-state index in [1.54, 1.807) is 0 Å². The zero-order chi connectivity index (χ0) is 13.4. The molecule has 0 spiro atoms. The Morgan fingerprint density at radius 1 is 1.26 bits per heavy atom. The van der Waals surface area contributed by atoms with Crippen molar-refractivity contribution in [2.75, 3.05) is 5.32 Å². The van der Waals surface area contributed by atoms with Gasteiger partial charge in [-0.25, -0.2) is 0 Å². The van der Waals surface area contributed by atoms with Crippen LogP contribution in [0.2, 0.25) is 0 Å². The van der Waals surface area contributed by atoms with Crippen LogP contribution in [0.15, 0.2) is 24.3 Å². The van der Waals surface area contributed by atoms with Gasteiger partial charge in [0.2, 0.25) is 5.13 Å². The molecule has 0 radical (unpaired) electrons. The fraction of sp³-hybridized carbons (Fsp3) is 0.154. The summed E-state index contributed by atoms with van der Waals surface area (Å²) >= 11 is 1.35. The van der Waals surface area contributed by atoms with Crippen LogP contribution in [0.3, 0.4) is 0 Å². The van der Waals surface area contributed by atoms with Crippen molar-refractivity contribution in [3.8, 4) is 0 Å². The molecule has 96 valence electrons. The number of fused-ring (bicyclic) bond motifs is 1. The van der Waals surface area contributed by atoms with E-state index in [1.807, 2.05) is 38.1 Å². The number of hydrogen-bond donors (Lipinski definition) is 2. The standard InChI is InChI=1S/C13H12N4OS/c1-7-3-4-10-9(5-7)6-11(14-10)12(18)15-13-17-16-8(2)19-13/h3-6,14H,1-2H3,(H,15,17,18). The van der Waals surface area contributed by atoms with Crippen molar-refractivity contribution in [3.63, 3.8) is 0 Å². The molecule has 0 aliphatic carbocycles. The van der Waals surface area contributed by atoms with Crippen LogP contribution in [-0.2, 0) is 0 Å². The monoisotopic (exact) mass is 272 g/mol. The molecule has 0 saturated carbocycles. The number of carbonyl (C=O) groups excluding carboxylic acids is 1. The number of nitrogens with zero attached hydrogens (tertiary/aromatic N) is 2. The van der Waals surface area contributed by atoms with Gasteiger partial charge in [0, 0.05) is 10.9 Å². The van der Waals surface area contributed by atoms with Gasteiger partial charge >= 0.3 is 0 Å². The van der Waals surface area contributed by atoms with Crippen molar-refractivity contribution in [2.45, 2.75) is 13.8 Å². The van der Waals surface area contributed by atoms with Crippen LogP contribution in [-0.4, -0.2) is 21.1 Å². The predicted molar refractivity (Wildman–Crippen MR) is 75.6 cm³/mol. The molecule has 5 nitrogen and oxygen atoms in total. The van der Waals surface area contributed by atoms with Gasteiger partial charge in [0.1, 0.15) is 10.7 Å². The number of amides is 1. The van der Waals surface area contributed by atoms with E-state index in [2.05, 4.69) is 20.5 Å². The second kappa shape index (κ2) is 4.47. The third-order valence-electron chi connectivity index (χ3n) is 2.77. The lowest BCUT2D eigenvalue weighted by molar-refractivity contribution is 0.102. The summed E-state index contributed by atoms with van der Waals surface area (Å²) in [6.07, 6.45) is 0. The average molecular weight is 272 g/mol. The maximum absolute atomic E-state index is 12.1. The fourth-order valence-corrected chi connectivity index (χ4v) is 2.47. The minimum Gasteiger partial charge on any atom is -0.351 e. The maximum Gasteiger partial charge on any atom is 0.273 e. The molecule has 0 aliphatic heterocycles. The zero-order valence-corrected chi connectivity index (χ0v) is 11.3. The lowest BCUT2D eigenvalue weighted by atomic mass is 10.2. The highest BCUT2D eigenvalue weighted by molar-refractivity contribution is 7.15. The maximum atomic E-state index is 12.1. The number of anilines is 1. The normalized spacial score (nSPS) is 10.8.